The predicted molar refractivity (Wildman–Crippen MR) is 54.5 cm³/mol. The van der Waals surface area contributed by atoms with Crippen LogP contribution in [0.5, 0.6) is 5.75 Å². The molecule has 4 nitrogen and oxygen atoms in total. The molecular formula is C10H9ClO4. The Morgan fingerprint density at radius 3 is 2.40 bits per heavy atom. The maximum atomic E-state index is 11.4. The highest BCUT2D eigenvalue weighted by atomic mass is 35.5. The van der Waals surface area contributed by atoms with Crippen molar-refractivity contribution in [1.82, 2.24) is 0 Å². The minimum atomic E-state index is -0.727. The van der Waals surface area contributed by atoms with Crippen LogP contribution in [-0.4, -0.2) is 25.4 Å². The van der Waals surface area contributed by atoms with Gasteiger partial charge in [-0.05, 0) is 23.7 Å². The number of carbonyl (C=O) groups is 2. The van der Waals surface area contributed by atoms with E-state index in [1.165, 1.54) is 20.3 Å². The number of carbonyl (C=O) groups excluding carboxylic acids is 2. The normalized spacial score (nSPS) is 9.53. The second-order valence-electron chi connectivity index (χ2n) is 2.65. The molecule has 0 spiro atoms. The van der Waals surface area contributed by atoms with Crippen LogP contribution < -0.4 is 4.74 Å². The van der Waals surface area contributed by atoms with Crippen molar-refractivity contribution in [3.05, 3.63) is 29.3 Å². The molecule has 0 radical (unpaired) electrons. The van der Waals surface area contributed by atoms with Gasteiger partial charge in [-0.3, -0.25) is 4.79 Å². The first-order valence-corrected chi connectivity index (χ1v) is 4.44. The Balaban J connectivity index is 3.40. The molecule has 0 aliphatic heterocycles. The molecule has 0 N–H and O–H groups in total. The summed E-state index contributed by atoms with van der Waals surface area (Å²) >= 11 is 5.34. The van der Waals surface area contributed by atoms with Crippen molar-refractivity contribution < 1.29 is 19.1 Å². The molecule has 0 atom stereocenters. The predicted octanol–water partition coefficient (Wildman–Crippen LogP) is 1.86. The van der Waals surface area contributed by atoms with E-state index in [9.17, 15) is 9.59 Å². The van der Waals surface area contributed by atoms with E-state index in [-0.39, 0.29) is 16.9 Å². The molecule has 0 amide bonds. The van der Waals surface area contributed by atoms with Crippen molar-refractivity contribution in [2.24, 2.45) is 0 Å². The second kappa shape index (κ2) is 4.79. The van der Waals surface area contributed by atoms with E-state index in [0.29, 0.717) is 0 Å². The van der Waals surface area contributed by atoms with Gasteiger partial charge in [-0.1, -0.05) is 6.07 Å². The Labute approximate surface area is 91.7 Å². The third-order valence-corrected chi connectivity index (χ3v) is 2.05. The van der Waals surface area contributed by atoms with Gasteiger partial charge in [-0.15, -0.1) is 0 Å². The largest absolute Gasteiger partial charge is 0.496 e. The maximum Gasteiger partial charge on any atom is 0.342 e. The molecule has 0 aliphatic carbocycles. The maximum absolute atomic E-state index is 11.4. The summed E-state index contributed by atoms with van der Waals surface area (Å²) in [6, 6.07) is 4.56. The van der Waals surface area contributed by atoms with Crippen LogP contribution in [-0.2, 0) is 4.74 Å². The zero-order chi connectivity index (χ0) is 11.4. The summed E-state index contributed by atoms with van der Waals surface area (Å²) in [4.78, 5) is 22.5. The van der Waals surface area contributed by atoms with Gasteiger partial charge >= 0.3 is 5.97 Å². The van der Waals surface area contributed by atoms with Gasteiger partial charge in [-0.2, -0.15) is 0 Å². The smallest absolute Gasteiger partial charge is 0.342 e. The first-order valence-electron chi connectivity index (χ1n) is 4.07. The third-order valence-electron chi connectivity index (χ3n) is 1.85. The standard InChI is InChI=1S/C10H9ClO4/c1-14-7-5-3-4-6(9(11)12)8(7)10(13)15-2/h3-5H,1-2H3. The molecule has 0 heterocycles. The van der Waals surface area contributed by atoms with Gasteiger partial charge in [0, 0.05) is 0 Å². The van der Waals surface area contributed by atoms with Gasteiger partial charge in [0.1, 0.15) is 11.3 Å². The van der Waals surface area contributed by atoms with Gasteiger partial charge in [0.05, 0.1) is 19.8 Å². The average Bonchev–Trinajstić information content (AvgIpc) is 2.26. The van der Waals surface area contributed by atoms with Crippen molar-refractivity contribution in [2.45, 2.75) is 0 Å². The molecule has 1 aromatic rings. The van der Waals surface area contributed by atoms with Crippen molar-refractivity contribution >= 4 is 22.8 Å². The lowest BCUT2D eigenvalue weighted by Crippen LogP contribution is -2.09. The summed E-state index contributed by atoms with van der Waals surface area (Å²) in [7, 11) is 2.61. The monoisotopic (exact) mass is 228 g/mol. The molecule has 15 heavy (non-hydrogen) atoms. The van der Waals surface area contributed by atoms with E-state index in [2.05, 4.69) is 4.74 Å². The third kappa shape index (κ3) is 2.27. The number of hydrogen-bond donors (Lipinski definition) is 0. The molecule has 0 aromatic heterocycles. The minimum absolute atomic E-state index is 0.0440. The lowest BCUT2D eigenvalue weighted by Gasteiger charge is -2.08. The Hall–Kier alpha value is -1.55. The van der Waals surface area contributed by atoms with Crippen molar-refractivity contribution in [1.29, 1.82) is 0 Å². The quantitative estimate of drug-likeness (QED) is 0.585. The van der Waals surface area contributed by atoms with Crippen LogP contribution in [0.1, 0.15) is 20.7 Å². The first-order chi connectivity index (χ1) is 7.11. The molecule has 0 fully saturated rings. The minimum Gasteiger partial charge on any atom is -0.496 e. The van der Waals surface area contributed by atoms with E-state index in [1.807, 2.05) is 0 Å². The number of methoxy groups -OCH3 is 2. The topological polar surface area (TPSA) is 52.6 Å². The summed E-state index contributed by atoms with van der Waals surface area (Å²) in [5.41, 5.74) is 0.116. The molecule has 0 unspecified atom stereocenters. The Morgan fingerprint density at radius 1 is 1.27 bits per heavy atom. The summed E-state index contributed by atoms with van der Waals surface area (Å²) < 4.78 is 9.49. The Morgan fingerprint density at radius 2 is 1.93 bits per heavy atom. The molecule has 0 saturated heterocycles. The van der Waals surface area contributed by atoms with Crippen molar-refractivity contribution in [3.8, 4) is 5.75 Å². The van der Waals surface area contributed by atoms with Crippen LogP contribution in [0.15, 0.2) is 18.2 Å². The van der Waals surface area contributed by atoms with E-state index in [0.717, 1.165) is 0 Å². The lowest BCUT2D eigenvalue weighted by atomic mass is 10.1. The molecular weight excluding hydrogens is 220 g/mol. The van der Waals surface area contributed by atoms with Crippen LogP contribution in [0.4, 0.5) is 0 Å². The number of benzene rings is 1. The van der Waals surface area contributed by atoms with Gasteiger partial charge in [0.15, 0.2) is 0 Å². The van der Waals surface area contributed by atoms with Crippen LogP contribution in [0.3, 0.4) is 0 Å². The number of halogens is 1. The van der Waals surface area contributed by atoms with Crippen LogP contribution in [0.2, 0.25) is 0 Å². The number of hydrogen-bond acceptors (Lipinski definition) is 4. The van der Waals surface area contributed by atoms with Crippen LogP contribution in [0.25, 0.3) is 0 Å². The fourth-order valence-electron chi connectivity index (χ4n) is 1.18. The van der Waals surface area contributed by atoms with E-state index in [1.54, 1.807) is 12.1 Å². The van der Waals surface area contributed by atoms with Crippen molar-refractivity contribution in [3.63, 3.8) is 0 Å². The zero-order valence-electron chi connectivity index (χ0n) is 8.24. The second-order valence-corrected chi connectivity index (χ2v) is 2.99. The van der Waals surface area contributed by atoms with E-state index >= 15 is 0 Å². The van der Waals surface area contributed by atoms with Gasteiger partial charge in [-0.25, -0.2) is 4.79 Å². The van der Waals surface area contributed by atoms with Crippen molar-refractivity contribution in [2.75, 3.05) is 14.2 Å². The molecule has 80 valence electrons. The molecule has 1 aromatic carbocycles. The van der Waals surface area contributed by atoms with Gasteiger partial charge < -0.3 is 9.47 Å². The van der Waals surface area contributed by atoms with E-state index < -0.39 is 11.2 Å². The molecule has 5 heteroatoms. The Kier molecular flexibility index (Phi) is 3.68. The van der Waals surface area contributed by atoms with Gasteiger partial charge in [0.2, 0.25) is 0 Å². The summed E-state index contributed by atoms with van der Waals surface area (Å²) in [6.07, 6.45) is 0. The summed E-state index contributed by atoms with van der Waals surface area (Å²) in [5.74, 6) is -0.398. The first kappa shape index (κ1) is 11.5. The molecule has 0 saturated carbocycles. The lowest BCUT2D eigenvalue weighted by molar-refractivity contribution is 0.0594. The summed E-state index contributed by atoms with van der Waals surface area (Å²) in [6.45, 7) is 0. The fourth-order valence-corrected chi connectivity index (χ4v) is 1.34. The highest BCUT2D eigenvalue weighted by Crippen LogP contribution is 2.24. The average molecular weight is 229 g/mol. The molecule has 0 bridgehead atoms. The van der Waals surface area contributed by atoms with Crippen LogP contribution >= 0.6 is 11.6 Å². The number of rotatable bonds is 3. The highest BCUT2D eigenvalue weighted by molar-refractivity contribution is 6.68. The number of esters is 1. The SMILES string of the molecule is COC(=O)c1c(OC)cccc1C(=O)Cl. The fraction of sp³-hybridized carbons (Fsp3) is 0.200. The zero-order valence-corrected chi connectivity index (χ0v) is 9.00. The van der Waals surface area contributed by atoms with Gasteiger partial charge in [0.25, 0.3) is 5.24 Å². The van der Waals surface area contributed by atoms with E-state index in [4.69, 9.17) is 16.3 Å². The molecule has 0 aliphatic rings. The molecule has 1 rings (SSSR count). The number of ether oxygens (including phenoxy) is 2. The Bertz CT molecular complexity index is 400. The van der Waals surface area contributed by atoms with Crippen LogP contribution in [0, 0.1) is 0 Å². The highest BCUT2D eigenvalue weighted by Gasteiger charge is 2.20. The summed E-state index contributed by atoms with van der Waals surface area (Å²) in [5, 5.41) is -0.727.